The highest BCUT2D eigenvalue weighted by molar-refractivity contribution is 7.12. The number of halogens is 3. The van der Waals surface area contributed by atoms with E-state index in [4.69, 9.17) is 17.3 Å². The number of aliphatic imine (C=N–C) groups is 1. The van der Waals surface area contributed by atoms with E-state index < -0.39 is 40.8 Å². The lowest BCUT2D eigenvalue weighted by Gasteiger charge is -2.38. The van der Waals surface area contributed by atoms with E-state index in [1.165, 1.54) is 23.1 Å². The van der Waals surface area contributed by atoms with Crippen LogP contribution in [-0.2, 0) is 11.2 Å². The fourth-order valence-electron chi connectivity index (χ4n) is 4.18. The van der Waals surface area contributed by atoms with Crippen LogP contribution in [0, 0.1) is 16.9 Å². The first-order chi connectivity index (χ1) is 14.4. The van der Waals surface area contributed by atoms with Gasteiger partial charge in [0.15, 0.2) is 5.13 Å². The average molecular weight is 450 g/mol. The third kappa shape index (κ3) is 3.77. The van der Waals surface area contributed by atoms with Crippen molar-refractivity contribution in [2.75, 3.05) is 6.54 Å². The quantitative estimate of drug-likeness (QED) is 0.751. The highest BCUT2D eigenvalue weighted by atomic mass is 35.5. The topological polar surface area (TPSA) is 75.8 Å². The van der Waals surface area contributed by atoms with Gasteiger partial charge in [-0.2, -0.15) is 4.39 Å². The predicted molar refractivity (Wildman–Crippen MR) is 112 cm³/mol. The van der Waals surface area contributed by atoms with Crippen LogP contribution in [0.25, 0.3) is 0 Å². The summed E-state index contributed by atoms with van der Waals surface area (Å²) >= 11 is 6.77. The third-order valence-corrected chi connectivity index (χ3v) is 6.52. The molecule has 156 valence electrons. The van der Waals surface area contributed by atoms with E-state index in [0.29, 0.717) is 35.3 Å². The molecule has 1 aliphatic carbocycles. The molecule has 1 unspecified atom stereocenters. The largest absolute Gasteiger partial charge is 0.368 e. The Morgan fingerprint density at radius 2 is 2.10 bits per heavy atom. The van der Waals surface area contributed by atoms with Crippen molar-refractivity contribution in [3.63, 3.8) is 0 Å². The second-order valence-corrected chi connectivity index (χ2v) is 8.71. The first-order valence-electron chi connectivity index (χ1n) is 9.38. The van der Waals surface area contributed by atoms with Crippen molar-refractivity contribution in [2.24, 2.45) is 16.6 Å². The summed E-state index contributed by atoms with van der Waals surface area (Å²) in [6, 6.07) is 3.75. The molecule has 2 amide bonds. The Hall–Kier alpha value is -2.58. The number of carbonyl (C=O) groups excluding carboxylic acids is 2. The zero-order valence-corrected chi connectivity index (χ0v) is 17.3. The highest BCUT2D eigenvalue weighted by Gasteiger charge is 2.42. The average Bonchev–Trinajstić information content (AvgIpc) is 3.32. The summed E-state index contributed by atoms with van der Waals surface area (Å²) in [6.07, 6.45) is 5.85. The monoisotopic (exact) mass is 449 g/mol. The number of allylic oxidation sites excluding steroid dienone is 1. The minimum Gasteiger partial charge on any atom is -0.368 e. The molecule has 2 N–H and O–H groups in total. The molecule has 1 aliphatic heterocycles. The van der Waals surface area contributed by atoms with E-state index >= 15 is 0 Å². The standard InChI is InChI=1S/C21H18ClF2N3O2S/c22-12-8-14-13(15(23)9-12)3-4-16(14)27(21(29)17-5-6-18(24)30-17)19(20(25)28)11-2-1-7-26-10-11/h1-2,5-9,11,16,19H,3-4,10H2,(H2,25,28)/t11?,16-,19-/m1/s1. The number of fused-ring (bicyclic) bond motifs is 1. The van der Waals surface area contributed by atoms with Gasteiger partial charge in [0.1, 0.15) is 11.9 Å². The van der Waals surface area contributed by atoms with Crippen LogP contribution >= 0.6 is 22.9 Å². The van der Waals surface area contributed by atoms with Crippen molar-refractivity contribution in [3.05, 3.63) is 68.4 Å². The Morgan fingerprint density at radius 1 is 1.30 bits per heavy atom. The molecular formula is C21H18ClF2N3O2S. The van der Waals surface area contributed by atoms with E-state index in [9.17, 15) is 18.4 Å². The van der Waals surface area contributed by atoms with Crippen LogP contribution in [0.4, 0.5) is 8.78 Å². The summed E-state index contributed by atoms with van der Waals surface area (Å²) in [5.74, 6) is -2.14. The van der Waals surface area contributed by atoms with E-state index in [1.807, 2.05) is 0 Å². The Morgan fingerprint density at radius 3 is 2.73 bits per heavy atom. The Bertz CT molecular complexity index is 1070. The maximum absolute atomic E-state index is 14.5. The number of rotatable bonds is 5. The number of hydrogen-bond acceptors (Lipinski definition) is 4. The summed E-state index contributed by atoms with van der Waals surface area (Å²) in [5.41, 5.74) is 6.75. The molecule has 1 aromatic carbocycles. The van der Waals surface area contributed by atoms with Crippen LogP contribution in [0.15, 0.2) is 41.4 Å². The summed E-state index contributed by atoms with van der Waals surface area (Å²) in [7, 11) is 0. The van der Waals surface area contributed by atoms with E-state index in [2.05, 4.69) is 4.99 Å². The van der Waals surface area contributed by atoms with E-state index in [0.717, 1.165) is 0 Å². The number of amides is 2. The molecule has 1 aromatic heterocycles. The zero-order valence-electron chi connectivity index (χ0n) is 15.7. The third-order valence-electron chi connectivity index (χ3n) is 5.44. The van der Waals surface area contributed by atoms with Gasteiger partial charge in [0.05, 0.1) is 10.9 Å². The van der Waals surface area contributed by atoms with Crippen LogP contribution in [0.1, 0.15) is 33.3 Å². The molecule has 4 rings (SSSR count). The maximum Gasteiger partial charge on any atom is 0.265 e. The van der Waals surface area contributed by atoms with Gasteiger partial charge in [-0.15, -0.1) is 11.3 Å². The van der Waals surface area contributed by atoms with Gasteiger partial charge in [-0.1, -0.05) is 17.7 Å². The van der Waals surface area contributed by atoms with E-state index in [-0.39, 0.29) is 16.4 Å². The number of carbonyl (C=O) groups is 2. The Balaban J connectivity index is 1.83. The van der Waals surface area contributed by atoms with Crippen molar-refractivity contribution in [1.82, 2.24) is 4.90 Å². The molecule has 2 aliphatic rings. The minimum absolute atomic E-state index is 0.137. The van der Waals surface area contributed by atoms with Crippen molar-refractivity contribution in [1.29, 1.82) is 0 Å². The fourth-order valence-corrected chi connectivity index (χ4v) is 5.07. The van der Waals surface area contributed by atoms with Gasteiger partial charge in [-0.3, -0.25) is 14.6 Å². The first kappa shape index (κ1) is 20.7. The molecule has 0 saturated carbocycles. The van der Waals surface area contributed by atoms with E-state index in [1.54, 1.807) is 24.4 Å². The number of dihydropyridines is 1. The second kappa shape index (κ2) is 8.28. The zero-order chi connectivity index (χ0) is 21.4. The minimum atomic E-state index is -1.03. The molecule has 0 bridgehead atoms. The SMILES string of the molecule is NC(=O)[C@@H](C1C=CC=NC1)N(C(=O)c1ccc(F)s1)[C@@H]1CCc2c(F)cc(Cl)cc21. The van der Waals surface area contributed by atoms with Crippen molar-refractivity contribution < 1.29 is 18.4 Å². The van der Waals surface area contributed by atoms with Gasteiger partial charge >= 0.3 is 0 Å². The summed E-state index contributed by atoms with van der Waals surface area (Å²) in [5, 5.41) is -0.317. The van der Waals surface area contributed by atoms with Crippen LogP contribution in [-0.4, -0.2) is 35.5 Å². The van der Waals surface area contributed by atoms with Gasteiger partial charge in [-0.25, -0.2) is 4.39 Å². The number of nitrogens with two attached hydrogens (primary N) is 1. The maximum atomic E-state index is 14.5. The smallest absolute Gasteiger partial charge is 0.265 e. The van der Waals surface area contributed by atoms with Crippen LogP contribution in [0.3, 0.4) is 0 Å². The van der Waals surface area contributed by atoms with Gasteiger partial charge in [-0.05, 0) is 54.3 Å². The highest BCUT2D eigenvalue weighted by Crippen LogP contribution is 2.42. The lowest BCUT2D eigenvalue weighted by Crippen LogP contribution is -2.53. The van der Waals surface area contributed by atoms with Crippen LogP contribution in [0.2, 0.25) is 5.02 Å². The van der Waals surface area contributed by atoms with Gasteiger partial charge < -0.3 is 10.6 Å². The van der Waals surface area contributed by atoms with Crippen LogP contribution < -0.4 is 5.73 Å². The normalized spacial score (nSPS) is 20.8. The number of hydrogen-bond donors (Lipinski definition) is 1. The Labute approximate surface area is 180 Å². The van der Waals surface area contributed by atoms with Crippen LogP contribution in [0.5, 0.6) is 0 Å². The summed E-state index contributed by atoms with van der Waals surface area (Å²) in [6.45, 7) is 0.274. The van der Waals surface area contributed by atoms with Crippen molar-refractivity contribution >= 4 is 41.0 Å². The van der Waals surface area contributed by atoms with Crippen molar-refractivity contribution in [2.45, 2.75) is 24.9 Å². The lowest BCUT2D eigenvalue weighted by atomic mass is 9.92. The van der Waals surface area contributed by atoms with Gasteiger partial charge in [0.2, 0.25) is 5.91 Å². The first-order valence-corrected chi connectivity index (χ1v) is 10.6. The lowest BCUT2D eigenvalue weighted by molar-refractivity contribution is -0.124. The summed E-state index contributed by atoms with van der Waals surface area (Å²) in [4.78, 5) is 31.7. The molecule has 0 saturated heterocycles. The molecule has 0 radical (unpaired) electrons. The number of nitrogens with zero attached hydrogens (tertiary/aromatic N) is 2. The molecular weight excluding hydrogens is 432 g/mol. The molecule has 0 fully saturated rings. The molecule has 9 heteroatoms. The molecule has 2 aromatic rings. The van der Waals surface area contributed by atoms with Gasteiger partial charge in [0, 0.05) is 23.7 Å². The Kier molecular flexibility index (Phi) is 5.71. The molecule has 3 atom stereocenters. The second-order valence-electron chi connectivity index (χ2n) is 7.24. The number of benzene rings is 1. The molecule has 30 heavy (non-hydrogen) atoms. The molecule has 5 nitrogen and oxygen atoms in total. The number of thiophene rings is 1. The summed E-state index contributed by atoms with van der Waals surface area (Å²) < 4.78 is 28.1. The number of primary amides is 1. The fraction of sp³-hybridized carbons (Fsp3) is 0.286. The predicted octanol–water partition coefficient (Wildman–Crippen LogP) is 3.92. The molecule has 2 heterocycles. The molecule has 0 spiro atoms. The van der Waals surface area contributed by atoms with Crippen molar-refractivity contribution in [3.8, 4) is 0 Å². The van der Waals surface area contributed by atoms with Gasteiger partial charge in [0.25, 0.3) is 5.91 Å².